The van der Waals surface area contributed by atoms with E-state index in [0.29, 0.717) is 6.54 Å². The fourth-order valence-electron chi connectivity index (χ4n) is 2.61. The van der Waals surface area contributed by atoms with Crippen LogP contribution in [0, 0.1) is 13.8 Å². The predicted octanol–water partition coefficient (Wildman–Crippen LogP) is 2.44. The van der Waals surface area contributed by atoms with Crippen LogP contribution in [0.25, 0.3) is 0 Å². The number of nitrogens with one attached hydrogen (secondary N) is 1. The molecule has 0 aliphatic heterocycles. The Bertz CT molecular complexity index is 742. The Kier molecular flexibility index (Phi) is 4.98. The van der Waals surface area contributed by atoms with E-state index in [1.54, 1.807) is 0 Å². The number of alkyl halides is 3. The summed E-state index contributed by atoms with van der Waals surface area (Å²) >= 11 is 0. The highest BCUT2D eigenvalue weighted by Gasteiger charge is 2.38. The second-order valence-electron chi connectivity index (χ2n) is 5.66. The molecule has 0 fully saturated rings. The van der Waals surface area contributed by atoms with Crippen molar-refractivity contribution in [3.63, 3.8) is 0 Å². The van der Waals surface area contributed by atoms with E-state index < -0.39 is 23.3 Å². The van der Waals surface area contributed by atoms with Crippen LogP contribution in [-0.2, 0) is 26.3 Å². The SMILES string of the molecule is Cc1cc(CN)cc(C)c1CNC(=O)c1cn(C)nc1C(F)(F)F. The summed E-state index contributed by atoms with van der Waals surface area (Å²) in [5.41, 5.74) is 7.62. The molecule has 2 aromatic rings. The Labute approximate surface area is 137 Å². The molecule has 0 aliphatic rings. The first-order valence-electron chi connectivity index (χ1n) is 7.31. The van der Waals surface area contributed by atoms with Crippen LogP contribution < -0.4 is 11.1 Å². The molecule has 1 amide bonds. The summed E-state index contributed by atoms with van der Waals surface area (Å²) < 4.78 is 39.8. The molecule has 0 atom stereocenters. The molecule has 5 nitrogen and oxygen atoms in total. The lowest BCUT2D eigenvalue weighted by Crippen LogP contribution is -2.26. The summed E-state index contributed by atoms with van der Waals surface area (Å²) in [6.45, 7) is 4.28. The van der Waals surface area contributed by atoms with Crippen LogP contribution in [0.4, 0.5) is 13.2 Å². The van der Waals surface area contributed by atoms with Crippen molar-refractivity contribution in [3.05, 3.63) is 51.8 Å². The molecule has 0 saturated carbocycles. The van der Waals surface area contributed by atoms with Gasteiger partial charge in [-0.15, -0.1) is 0 Å². The first-order valence-corrected chi connectivity index (χ1v) is 7.31. The molecule has 0 unspecified atom stereocenters. The van der Waals surface area contributed by atoms with Crippen LogP contribution in [0.15, 0.2) is 18.3 Å². The number of amides is 1. The van der Waals surface area contributed by atoms with E-state index in [1.807, 2.05) is 26.0 Å². The second kappa shape index (κ2) is 6.64. The lowest BCUT2D eigenvalue weighted by atomic mass is 9.99. The van der Waals surface area contributed by atoms with Gasteiger partial charge in [0.15, 0.2) is 5.69 Å². The number of carbonyl (C=O) groups excluding carboxylic acids is 1. The molecule has 0 radical (unpaired) electrons. The normalized spacial score (nSPS) is 11.6. The molecular weight excluding hydrogens is 321 g/mol. The van der Waals surface area contributed by atoms with Gasteiger partial charge in [-0.05, 0) is 36.1 Å². The van der Waals surface area contributed by atoms with Gasteiger partial charge in [0.05, 0.1) is 5.56 Å². The standard InChI is InChI=1S/C16H19F3N4O/c1-9-4-11(6-20)5-10(2)12(9)7-21-15(24)13-8-23(3)22-14(13)16(17,18)19/h4-5,8H,6-7,20H2,1-3H3,(H,21,24). The van der Waals surface area contributed by atoms with Crippen LogP contribution in [0.2, 0.25) is 0 Å². The molecular formula is C16H19F3N4O. The number of carbonyl (C=O) groups is 1. The topological polar surface area (TPSA) is 72.9 Å². The minimum absolute atomic E-state index is 0.132. The van der Waals surface area contributed by atoms with Crippen LogP contribution in [0.1, 0.15) is 38.3 Å². The van der Waals surface area contributed by atoms with Gasteiger partial charge in [-0.2, -0.15) is 18.3 Å². The third kappa shape index (κ3) is 3.76. The molecule has 24 heavy (non-hydrogen) atoms. The van der Waals surface area contributed by atoms with Gasteiger partial charge in [-0.25, -0.2) is 0 Å². The Morgan fingerprint density at radius 3 is 2.38 bits per heavy atom. The number of aryl methyl sites for hydroxylation is 3. The van der Waals surface area contributed by atoms with E-state index in [0.717, 1.165) is 33.1 Å². The third-order valence-electron chi connectivity index (χ3n) is 3.76. The quantitative estimate of drug-likeness (QED) is 0.898. The molecule has 0 bridgehead atoms. The number of nitrogens with zero attached hydrogens (tertiary/aromatic N) is 2. The lowest BCUT2D eigenvalue weighted by Gasteiger charge is -2.13. The fraction of sp³-hybridized carbons (Fsp3) is 0.375. The maximum atomic E-state index is 12.9. The van der Waals surface area contributed by atoms with Crippen molar-refractivity contribution in [1.29, 1.82) is 0 Å². The lowest BCUT2D eigenvalue weighted by molar-refractivity contribution is -0.141. The number of rotatable bonds is 4. The van der Waals surface area contributed by atoms with Crippen molar-refractivity contribution in [2.45, 2.75) is 33.1 Å². The van der Waals surface area contributed by atoms with Gasteiger partial charge in [-0.3, -0.25) is 9.48 Å². The van der Waals surface area contributed by atoms with Gasteiger partial charge >= 0.3 is 6.18 Å². The van der Waals surface area contributed by atoms with Crippen LogP contribution in [-0.4, -0.2) is 15.7 Å². The molecule has 0 spiro atoms. The Morgan fingerprint density at radius 1 is 1.29 bits per heavy atom. The first-order chi connectivity index (χ1) is 11.1. The van der Waals surface area contributed by atoms with Crippen molar-refractivity contribution in [2.24, 2.45) is 12.8 Å². The summed E-state index contributed by atoms with van der Waals surface area (Å²) in [6, 6.07) is 3.80. The summed E-state index contributed by atoms with van der Waals surface area (Å²) in [6.07, 6.45) is -3.61. The van der Waals surface area contributed by atoms with E-state index in [9.17, 15) is 18.0 Å². The van der Waals surface area contributed by atoms with Gasteiger partial charge in [0.2, 0.25) is 0 Å². The maximum Gasteiger partial charge on any atom is 0.435 e. The van der Waals surface area contributed by atoms with E-state index >= 15 is 0 Å². The maximum absolute atomic E-state index is 12.9. The molecule has 130 valence electrons. The number of aromatic nitrogens is 2. The number of hydrogen-bond acceptors (Lipinski definition) is 3. The number of benzene rings is 1. The fourth-order valence-corrected chi connectivity index (χ4v) is 2.61. The smallest absolute Gasteiger partial charge is 0.348 e. The van der Waals surface area contributed by atoms with Gasteiger partial charge in [0, 0.05) is 26.3 Å². The molecule has 3 N–H and O–H groups in total. The third-order valence-corrected chi connectivity index (χ3v) is 3.76. The van der Waals surface area contributed by atoms with Crippen molar-refractivity contribution in [2.75, 3.05) is 0 Å². The summed E-state index contributed by atoms with van der Waals surface area (Å²) in [5.74, 6) is -0.808. The Hall–Kier alpha value is -2.35. The van der Waals surface area contributed by atoms with Crippen molar-refractivity contribution in [1.82, 2.24) is 15.1 Å². The van der Waals surface area contributed by atoms with Crippen LogP contribution in [0.3, 0.4) is 0 Å². The molecule has 0 aliphatic carbocycles. The zero-order chi connectivity index (χ0) is 18.1. The molecule has 8 heteroatoms. The average Bonchev–Trinajstić information content (AvgIpc) is 2.88. The Morgan fingerprint density at radius 2 is 1.88 bits per heavy atom. The molecule has 1 heterocycles. The molecule has 1 aromatic heterocycles. The summed E-state index contributed by atoms with van der Waals surface area (Å²) in [7, 11) is 1.34. The van der Waals surface area contributed by atoms with Crippen LogP contribution >= 0.6 is 0 Å². The van der Waals surface area contributed by atoms with Crippen molar-refractivity contribution < 1.29 is 18.0 Å². The van der Waals surface area contributed by atoms with Gasteiger partial charge in [0.1, 0.15) is 0 Å². The monoisotopic (exact) mass is 340 g/mol. The highest BCUT2D eigenvalue weighted by atomic mass is 19.4. The van der Waals surface area contributed by atoms with Crippen LogP contribution in [0.5, 0.6) is 0 Å². The van der Waals surface area contributed by atoms with E-state index in [2.05, 4.69) is 10.4 Å². The highest BCUT2D eigenvalue weighted by molar-refractivity contribution is 5.95. The van der Waals surface area contributed by atoms with E-state index in [-0.39, 0.29) is 6.54 Å². The number of hydrogen-bond donors (Lipinski definition) is 2. The minimum atomic E-state index is -4.68. The predicted molar refractivity (Wildman–Crippen MR) is 83.2 cm³/mol. The Balaban J connectivity index is 2.21. The second-order valence-corrected chi connectivity index (χ2v) is 5.66. The number of nitrogens with two attached hydrogens (primary N) is 1. The minimum Gasteiger partial charge on any atom is -0.348 e. The first kappa shape index (κ1) is 18.0. The number of halogens is 3. The van der Waals surface area contributed by atoms with Gasteiger partial charge < -0.3 is 11.1 Å². The van der Waals surface area contributed by atoms with E-state index in [4.69, 9.17) is 5.73 Å². The highest BCUT2D eigenvalue weighted by Crippen LogP contribution is 2.30. The molecule has 0 saturated heterocycles. The van der Waals surface area contributed by atoms with Crippen molar-refractivity contribution in [3.8, 4) is 0 Å². The molecule has 1 aromatic carbocycles. The van der Waals surface area contributed by atoms with Gasteiger partial charge in [0.25, 0.3) is 5.91 Å². The van der Waals surface area contributed by atoms with Crippen molar-refractivity contribution >= 4 is 5.91 Å². The summed E-state index contributed by atoms with van der Waals surface area (Å²) in [5, 5.41) is 5.87. The summed E-state index contributed by atoms with van der Waals surface area (Å²) in [4.78, 5) is 12.2. The average molecular weight is 340 g/mol. The zero-order valence-electron chi connectivity index (χ0n) is 13.7. The largest absolute Gasteiger partial charge is 0.435 e. The van der Waals surface area contributed by atoms with E-state index in [1.165, 1.54) is 7.05 Å². The molecule has 2 rings (SSSR count). The van der Waals surface area contributed by atoms with Gasteiger partial charge in [-0.1, -0.05) is 12.1 Å². The zero-order valence-corrected chi connectivity index (χ0v) is 13.7.